The second kappa shape index (κ2) is 5.12. The molecule has 2 aromatic carbocycles. The lowest BCUT2D eigenvalue weighted by Crippen LogP contribution is -1.93. The first kappa shape index (κ1) is 12.5. The summed E-state index contributed by atoms with van der Waals surface area (Å²) in [7, 11) is 0. The number of aryl methyl sites for hydroxylation is 2. The predicted octanol–water partition coefficient (Wildman–Crippen LogP) is 4.62. The molecule has 0 aliphatic heterocycles. The minimum atomic E-state index is 0.570. The van der Waals surface area contributed by atoms with E-state index in [0.717, 1.165) is 16.9 Å². The summed E-state index contributed by atoms with van der Waals surface area (Å²) in [5.74, 6) is 1.37. The summed E-state index contributed by atoms with van der Waals surface area (Å²) in [4.78, 5) is 0. The highest BCUT2D eigenvalue weighted by Gasteiger charge is 2.09. The molecule has 2 nitrogen and oxygen atoms in total. The molecule has 0 N–H and O–H groups in total. The zero-order valence-corrected chi connectivity index (χ0v) is 11.0. The van der Waals surface area contributed by atoms with Crippen LogP contribution in [0.15, 0.2) is 36.4 Å². The molecule has 0 saturated heterocycles. The van der Waals surface area contributed by atoms with Gasteiger partial charge >= 0.3 is 0 Å². The average Bonchev–Trinajstić information content (AvgIpc) is 2.35. The molecule has 2 aromatic rings. The number of nitrogens with zero attached hydrogens (tertiary/aromatic N) is 1. The number of hydrogen-bond donors (Lipinski definition) is 0. The second-order valence-electron chi connectivity index (χ2n) is 4.08. The van der Waals surface area contributed by atoms with Crippen LogP contribution in [0.25, 0.3) is 0 Å². The van der Waals surface area contributed by atoms with Crippen LogP contribution in [-0.4, -0.2) is 0 Å². The molecule has 0 atom stereocenters. The van der Waals surface area contributed by atoms with Crippen molar-refractivity contribution in [3.05, 3.63) is 58.1 Å². The molecule has 18 heavy (non-hydrogen) atoms. The van der Waals surface area contributed by atoms with Gasteiger partial charge in [0.1, 0.15) is 11.5 Å². The van der Waals surface area contributed by atoms with Gasteiger partial charge in [-0.3, -0.25) is 0 Å². The molecule has 0 aliphatic rings. The molecule has 0 aliphatic carbocycles. The van der Waals surface area contributed by atoms with Gasteiger partial charge in [-0.2, -0.15) is 5.26 Å². The Bertz CT molecular complexity index is 606. The number of benzene rings is 2. The molecule has 2 rings (SSSR count). The van der Waals surface area contributed by atoms with Crippen LogP contribution in [0.3, 0.4) is 0 Å². The lowest BCUT2D eigenvalue weighted by atomic mass is 10.1. The first-order valence-electron chi connectivity index (χ1n) is 5.55. The average molecular weight is 258 g/mol. The van der Waals surface area contributed by atoms with Crippen molar-refractivity contribution in [1.29, 1.82) is 5.26 Å². The lowest BCUT2D eigenvalue weighted by molar-refractivity contribution is 0.475. The van der Waals surface area contributed by atoms with E-state index in [-0.39, 0.29) is 0 Å². The zero-order chi connectivity index (χ0) is 13.1. The van der Waals surface area contributed by atoms with E-state index in [9.17, 15) is 0 Å². The molecule has 0 aromatic heterocycles. The quantitative estimate of drug-likeness (QED) is 0.786. The van der Waals surface area contributed by atoms with Gasteiger partial charge in [0.2, 0.25) is 0 Å². The maximum atomic E-state index is 8.90. The number of para-hydroxylation sites is 1. The van der Waals surface area contributed by atoms with Crippen molar-refractivity contribution in [3.63, 3.8) is 0 Å². The van der Waals surface area contributed by atoms with Crippen LogP contribution in [0.5, 0.6) is 11.5 Å². The molecule has 0 radical (unpaired) electrons. The fraction of sp³-hybridized carbons (Fsp3) is 0.133. The van der Waals surface area contributed by atoms with Crippen LogP contribution in [-0.2, 0) is 0 Å². The minimum Gasteiger partial charge on any atom is -0.455 e. The van der Waals surface area contributed by atoms with Crippen molar-refractivity contribution in [2.75, 3.05) is 0 Å². The van der Waals surface area contributed by atoms with Crippen molar-refractivity contribution in [2.45, 2.75) is 13.8 Å². The van der Waals surface area contributed by atoms with E-state index in [1.54, 1.807) is 18.2 Å². The molecule has 0 heterocycles. The second-order valence-corrected chi connectivity index (χ2v) is 4.49. The van der Waals surface area contributed by atoms with Gasteiger partial charge in [0.05, 0.1) is 16.7 Å². The van der Waals surface area contributed by atoms with E-state index in [1.165, 1.54) is 0 Å². The van der Waals surface area contributed by atoms with Crippen LogP contribution in [0.2, 0.25) is 5.02 Å². The van der Waals surface area contributed by atoms with Gasteiger partial charge in [0, 0.05) is 0 Å². The van der Waals surface area contributed by atoms with E-state index in [0.29, 0.717) is 16.3 Å². The zero-order valence-electron chi connectivity index (χ0n) is 10.2. The minimum absolute atomic E-state index is 0.570. The van der Waals surface area contributed by atoms with Crippen LogP contribution in [0.1, 0.15) is 16.7 Å². The molecular weight excluding hydrogens is 246 g/mol. The number of rotatable bonds is 2. The standard InChI is InChI=1S/C15H12ClNO/c1-10-7-12(9-17)8-11(2)15(10)18-14-6-4-3-5-13(14)16/h3-8H,1-2H3. The summed E-state index contributed by atoms with van der Waals surface area (Å²) in [6, 6.07) is 13.1. The summed E-state index contributed by atoms with van der Waals surface area (Å²) in [5, 5.41) is 9.47. The fourth-order valence-electron chi connectivity index (χ4n) is 1.81. The highest BCUT2D eigenvalue weighted by molar-refractivity contribution is 6.32. The van der Waals surface area contributed by atoms with Gasteiger partial charge in [-0.25, -0.2) is 0 Å². The summed E-state index contributed by atoms with van der Waals surface area (Å²) >= 11 is 6.06. The van der Waals surface area contributed by atoms with Gasteiger partial charge in [0.15, 0.2) is 0 Å². The van der Waals surface area contributed by atoms with Gasteiger partial charge in [0.25, 0.3) is 0 Å². The van der Waals surface area contributed by atoms with E-state index in [4.69, 9.17) is 21.6 Å². The molecular formula is C15H12ClNO. The molecule has 0 bridgehead atoms. The largest absolute Gasteiger partial charge is 0.455 e. The lowest BCUT2D eigenvalue weighted by Gasteiger charge is -2.13. The number of nitriles is 1. The SMILES string of the molecule is Cc1cc(C#N)cc(C)c1Oc1ccccc1Cl. The summed E-state index contributed by atoms with van der Waals surface area (Å²) in [6.07, 6.45) is 0. The highest BCUT2D eigenvalue weighted by atomic mass is 35.5. The van der Waals surface area contributed by atoms with Gasteiger partial charge in [-0.15, -0.1) is 0 Å². The third-order valence-electron chi connectivity index (χ3n) is 2.64. The molecule has 0 fully saturated rings. The smallest absolute Gasteiger partial charge is 0.146 e. The van der Waals surface area contributed by atoms with Crippen LogP contribution in [0.4, 0.5) is 0 Å². The van der Waals surface area contributed by atoms with Gasteiger partial charge < -0.3 is 4.74 Å². The third kappa shape index (κ3) is 2.47. The normalized spacial score (nSPS) is 9.89. The van der Waals surface area contributed by atoms with E-state index < -0.39 is 0 Å². The van der Waals surface area contributed by atoms with Gasteiger partial charge in [-0.1, -0.05) is 23.7 Å². The number of hydrogen-bond acceptors (Lipinski definition) is 2. The van der Waals surface area contributed by atoms with Crippen molar-refractivity contribution in [2.24, 2.45) is 0 Å². The van der Waals surface area contributed by atoms with E-state index in [1.807, 2.05) is 32.0 Å². The van der Waals surface area contributed by atoms with E-state index >= 15 is 0 Å². The number of halogens is 1. The van der Waals surface area contributed by atoms with Crippen LogP contribution < -0.4 is 4.74 Å². The van der Waals surface area contributed by atoms with E-state index in [2.05, 4.69) is 6.07 Å². The predicted molar refractivity (Wildman–Crippen MR) is 72.2 cm³/mol. The Hall–Kier alpha value is -1.98. The Kier molecular flexibility index (Phi) is 3.55. The highest BCUT2D eigenvalue weighted by Crippen LogP contribution is 2.33. The summed E-state index contributed by atoms with van der Waals surface area (Å²) < 4.78 is 5.83. The molecule has 0 saturated carbocycles. The fourth-order valence-corrected chi connectivity index (χ4v) is 1.99. The monoisotopic (exact) mass is 257 g/mol. The maximum absolute atomic E-state index is 8.90. The third-order valence-corrected chi connectivity index (χ3v) is 2.95. The Morgan fingerprint density at radius 3 is 2.28 bits per heavy atom. The Balaban J connectivity index is 2.42. The molecule has 3 heteroatoms. The van der Waals surface area contributed by atoms with Crippen molar-refractivity contribution in [1.82, 2.24) is 0 Å². The van der Waals surface area contributed by atoms with Crippen LogP contribution in [0, 0.1) is 25.2 Å². The Morgan fingerprint density at radius 2 is 1.72 bits per heavy atom. The van der Waals surface area contributed by atoms with Crippen LogP contribution >= 0.6 is 11.6 Å². The topological polar surface area (TPSA) is 33.0 Å². The summed E-state index contributed by atoms with van der Waals surface area (Å²) in [5.41, 5.74) is 2.48. The van der Waals surface area contributed by atoms with Gasteiger partial charge in [-0.05, 0) is 49.2 Å². The van der Waals surface area contributed by atoms with Crippen molar-refractivity contribution < 1.29 is 4.74 Å². The Morgan fingerprint density at radius 1 is 1.11 bits per heavy atom. The maximum Gasteiger partial charge on any atom is 0.146 e. The molecule has 0 spiro atoms. The molecule has 90 valence electrons. The Labute approximate surface area is 111 Å². The summed E-state index contributed by atoms with van der Waals surface area (Å²) in [6.45, 7) is 3.83. The first-order chi connectivity index (χ1) is 8.61. The van der Waals surface area contributed by atoms with Crippen molar-refractivity contribution >= 4 is 11.6 Å². The number of ether oxygens (including phenoxy) is 1. The van der Waals surface area contributed by atoms with Crippen molar-refractivity contribution in [3.8, 4) is 17.6 Å². The first-order valence-corrected chi connectivity index (χ1v) is 5.93. The molecule has 0 amide bonds. The molecule has 0 unspecified atom stereocenters.